The Bertz CT molecular complexity index is 900. The Hall–Kier alpha value is -2.43. The van der Waals surface area contributed by atoms with Crippen molar-refractivity contribution in [2.45, 2.75) is 57.5 Å². The standard InChI is InChI=1S/C22H25FN2O2/c1-14-11-12-25(18-9-10-18)22(27)20(14)21(26)24-19-4-2-3-16(19)13-15-5-7-17(23)8-6-15/h5-8,11-12,16,18-19H,2-4,9-10,13H2,1H3,(H,24,26)/t16-,19-/m0/s1. The van der Waals surface area contributed by atoms with Crippen LogP contribution in [-0.2, 0) is 6.42 Å². The summed E-state index contributed by atoms with van der Waals surface area (Å²) in [5, 5.41) is 3.12. The van der Waals surface area contributed by atoms with Gasteiger partial charge in [0.15, 0.2) is 0 Å². The number of aryl methyl sites for hydroxylation is 1. The van der Waals surface area contributed by atoms with Gasteiger partial charge in [0.1, 0.15) is 11.4 Å². The number of carbonyl (C=O) groups is 1. The highest BCUT2D eigenvalue weighted by Gasteiger charge is 2.31. The van der Waals surface area contributed by atoms with Crippen LogP contribution in [0.25, 0.3) is 0 Å². The van der Waals surface area contributed by atoms with E-state index in [0.717, 1.165) is 49.7 Å². The van der Waals surface area contributed by atoms with Gasteiger partial charge in [0.2, 0.25) is 0 Å². The van der Waals surface area contributed by atoms with Crippen LogP contribution in [0.15, 0.2) is 41.3 Å². The number of nitrogens with zero attached hydrogens (tertiary/aromatic N) is 1. The van der Waals surface area contributed by atoms with Crippen molar-refractivity contribution < 1.29 is 9.18 Å². The number of carbonyl (C=O) groups excluding carboxylic acids is 1. The predicted molar refractivity (Wildman–Crippen MR) is 102 cm³/mol. The third-order valence-corrected chi connectivity index (χ3v) is 5.88. The second kappa shape index (κ2) is 7.29. The van der Waals surface area contributed by atoms with Gasteiger partial charge in [0, 0.05) is 18.3 Å². The van der Waals surface area contributed by atoms with Gasteiger partial charge in [-0.1, -0.05) is 18.6 Å². The van der Waals surface area contributed by atoms with E-state index in [9.17, 15) is 14.0 Å². The van der Waals surface area contributed by atoms with Crippen molar-refractivity contribution in [3.8, 4) is 0 Å². The van der Waals surface area contributed by atoms with Gasteiger partial charge in [0.05, 0.1) is 0 Å². The third-order valence-electron chi connectivity index (χ3n) is 5.88. The second-order valence-corrected chi connectivity index (χ2v) is 7.92. The zero-order valence-corrected chi connectivity index (χ0v) is 15.6. The maximum absolute atomic E-state index is 13.1. The molecule has 27 heavy (non-hydrogen) atoms. The van der Waals surface area contributed by atoms with E-state index in [1.54, 1.807) is 10.8 Å². The predicted octanol–water partition coefficient (Wildman–Crippen LogP) is 3.77. The number of benzene rings is 1. The van der Waals surface area contributed by atoms with Crippen LogP contribution in [0.5, 0.6) is 0 Å². The van der Waals surface area contributed by atoms with Gasteiger partial charge in [-0.25, -0.2) is 4.39 Å². The van der Waals surface area contributed by atoms with E-state index in [1.807, 2.05) is 25.1 Å². The molecule has 2 fully saturated rings. The molecule has 0 aliphatic heterocycles. The van der Waals surface area contributed by atoms with Crippen LogP contribution in [0.4, 0.5) is 4.39 Å². The summed E-state index contributed by atoms with van der Waals surface area (Å²) in [4.78, 5) is 25.7. The lowest BCUT2D eigenvalue weighted by Gasteiger charge is -2.22. The summed E-state index contributed by atoms with van der Waals surface area (Å²) in [6, 6.07) is 8.74. The highest BCUT2D eigenvalue weighted by Crippen LogP contribution is 2.33. The SMILES string of the molecule is Cc1ccn(C2CC2)c(=O)c1C(=O)N[C@H]1CCC[C@H]1Cc1ccc(F)cc1. The summed E-state index contributed by atoms with van der Waals surface area (Å²) in [5.74, 6) is -0.181. The minimum atomic E-state index is -0.261. The molecule has 2 atom stereocenters. The first-order valence-corrected chi connectivity index (χ1v) is 9.80. The van der Waals surface area contributed by atoms with Gasteiger partial charge in [-0.15, -0.1) is 0 Å². The van der Waals surface area contributed by atoms with Crippen LogP contribution in [0.2, 0.25) is 0 Å². The molecule has 0 unspecified atom stereocenters. The van der Waals surface area contributed by atoms with Gasteiger partial charge in [0.25, 0.3) is 11.5 Å². The molecule has 142 valence electrons. The fraction of sp³-hybridized carbons (Fsp3) is 0.455. The van der Waals surface area contributed by atoms with Crippen LogP contribution >= 0.6 is 0 Å². The highest BCUT2D eigenvalue weighted by atomic mass is 19.1. The maximum Gasteiger partial charge on any atom is 0.263 e. The Balaban J connectivity index is 1.49. The molecule has 4 nitrogen and oxygen atoms in total. The largest absolute Gasteiger partial charge is 0.349 e. The zero-order chi connectivity index (χ0) is 19.0. The van der Waals surface area contributed by atoms with E-state index in [-0.39, 0.29) is 34.9 Å². The normalized spacial score (nSPS) is 22.0. The molecule has 0 spiro atoms. The number of nitrogens with one attached hydrogen (secondary N) is 1. The van der Waals surface area contributed by atoms with Crippen molar-refractivity contribution in [3.63, 3.8) is 0 Å². The first-order valence-electron chi connectivity index (χ1n) is 9.80. The smallest absolute Gasteiger partial charge is 0.263 e. The number of halogens is 1. The minimum Gasteiger partial charge on any atom is -0.349 e. The van der Waals surface area contributed by atoms with Crippen molar-refractivity contribution in [1.82, 2.24) is 9.88 Å². The van der Waals surface area contributed by atoms with Gasteiger partial charge in [-0.05, 0) is 74.3 Å². The summed E-state index contributed by atoms with van der Waals surface area (Å²) in [7, 11) is 0. The van der Waals surface area contributed by atoms with E-state index in [4.69, 9.17) is 0 Å². The van der Waals surface area contributed by atoms with Crippen LogP contribution in [0.1, 0.15) is 59.6 Å². The molecular formula is C22H25FN2O2. The molecule has 4 rings (SSSR count). The number of aromatic nitrogens is 1. The summed E-state index contributed by atoms with van der Waals surface area (Å²) in [5.41, 5.74) is 1.90. The fourth-order valence-electron chi connectivity index (χ4n) is 4.19. The van der Waals surface area contributed by atoms with Crippen LogP contribution in [0, 0.1) is 18.7 Å². The molecule has 1 heterocycles. The van der Waals surface area contributed by atoms with Crippen molar-refractivity contribution in [3.05, 3.63) is 69.4 Å². The Kier molecular flexibility index (Phi) is 4.85. The molecule has 1 aromatic carbocycles. The van der Waals surface area contributed by atoms with Crippen LogP contribution in [0.3, 0.4) is 0 Å². The number of hydrogen-bond acceptors (Lipinski definition) is 2. The van der Waals surface area contributed by atoms with Crippen molar-refractivity contribution >= 4 is 5.91 Å². The maximum atomic E-state index is 13.1. The quantitative estimate of drug-likeness (QED) is 0.873. The molecule has 1 amide bonds. The third kappa shape index (κ3) is 3.82. The van der Waals surface area contributed by atoms with Gasteiger partial charge >= 0.3 is 0 Å². The first kappa shape index (κ1) is 18.0. The van der Waals surface area contributed by atoms with Gasteiger partial charge in [-0.2, -0.15) is 0 Å². The molecular weight excluding hydrogens is 343 g/mol. The molecule has 1 N–H and O–H groups in total. The average molecular weight is 368 g/mol. The van der Waals surface area contributed by atoms with E-state index >= 15 is 0 Å². The number of amides is 1. The van der Waals surface area contributed by atoms with E-state index in [2.05, 4.69) is 5.32 Å². The van der Waals surface area contributed by atoms with Crippen LogP contribution in [-0.4, -0.2) is 16.5 Å². The molecule has 2 saturated carbocycles. The molecule has 1 aromatic heterocycles. The molecule has 0 radical (unpaired) electrons. The second-order valence-electron chi connectivity index (χ2n) is 7.92. The van der Waals surface area contributed by atoms with E-state index in [1.165, 1.54) is 12.1 Å². The topological polar surface area (TPSA) is 51.1 Å². The van der Waals surface area contributed by atoms with Gasteiger partial charge < -0.3 is 9.88 Å². The average Bonchev–Trinajstić information content (AvgIpc) is 3.39. The molecule has 0 bridgehead atoms. The molecule has 0 saturated heterocycles. The fourth-order valence-corrected chi connectivity index (χ4v) is 4.19. The lowest BCUT2D eigenvalue weighted by atomic mass is 9.94. The Labute approximate surface area is 158 Å². The lowest BCUT2D eigenvalue weighted by Crippen LogP contribution is -2.41. The highest BCUT2D eigenvalue weighted by molar-refractivity contribution is 5.95. The van der Waals surface area contributed by atoms with Crippen LogP contribution < -0.4 is 10.9 Å². The monoisotopic (exact) mass is 368 g/mol. The van der Waals surface area contributed by atoms with Crippen molar-refractivity contribution in [1.29, 1.82) is 0 Å². The molecule has 2 aliphatic carbocycles. The Morgan fingerprint density at radius 3 is 2.59 bits per heavy atom. The summed E-state index contributed by atoms with van der Waals surface area (Å²) in [6.07, 6.45) is 7.63. The Morgan fingerprint density at radius 2 is 1.89 bits per heavy atom. The zero-order valence-electron chi connectivity index (χ0n) is 15.6. The van der Waals surface area contributed by atoms with E-state index in [0.29, 0.717) is 5.92 Å². The summed E-state index contributed by atoms with van der Waals surface area (Å²) >= 11 is 0. The number of pyridine rings is 1. The molecule has 2 aromatic rings. The molecule has 5 heteroatoms. The number of hydrogen-bond donors (Lipinski definition) is 1. The first-order chi connectivity index (χ1) is 13.0. The lowest BCUT2D eigenvalue weighted by molar-refractivity contribution is 0.0925. The van der Waals surface area contributed by atoms with Crippen molar-refractivity contribution in [2.75, 3.05) is 0 Å². The van der Waals surface area contributed by atoms with E-state index < -0.39 is 0 Å². The Morgan fingerprint density at radius 1 is 1.15 bits per heavy atom. The summed E-state index contributed by atoms with van der Waals surface area (Å²) < 4.78 is 14.8. The van der Waals surface area contributed by atoms with Gasteiger partial charge in [-0.3, -0.25) is 9.59 Å². The molecule has 2 aliphatic rings. The van der Waals surface area contributed by atoms with Crippen molar-refractivity contribution in [2.24, 2.45) is 5.92 Å². The minimum absolute atomic E-state index is 0.0518. The summed E-state index contributed by atoms with van der Waals surface area (Å²) in [6.45, 7) is 1.82. The number of rotatable bonds is 5.